The lowest BCUT2D eigenvalue weighted by molar-refractivity contribution is 0.356. The van der Waals surface area contributed by atoms with Crippen molar-refractivity contribution in [2.75, 3.05) is 11.4 Å². The van der Waals surface area contributed by atoms with Gasteiger partial charge in [-0.25, -0.2) is 0 Å². The van der Waals surface area contributed by atoms with Crippen LogP contribution in [0.25, 0.3) is 0 Å². The van der Waals surface area contributed by atoms with E-state index < -0.39 is 0 Å². The zero-order valence-electron chi connectivity index (χ0n) is 12.5. The van der Waals surface area contributed by atoms with Gasteiger partial charge in [0.25, 0.3) is 0 Å². The van der Waals surface area contributed by atoms with E-state index in [1.54, 1.807) is 0 Å². The standard InChI is InChI=1S/C17H25BrN2/c1-3-9-19-13-10-14-7-8-15(11-13)20(14)16-6-4-5-12(2)17(16)18/h4-6,13-15,19H,3,7-11H2,1-2H3. The van der Waals surface area contributed by atoms with Crippen LogP contribution < -0.4 is 10.2 Å². The Morgan fingerprint density at radius 3 is 2.60 bits per heavy atom. The molecule has 3 rings (SSSR count). The van der Waals surface area contributed by atoms with Crippen molar-refractivity contribution < 1.29 is 0 Å². The molecule has 3 heteroatoms. The van der Waals surface area contributed by atoms with Gasteiger partial charge in [0.2, 0.25) is 0 Å². The Morgan fingerprint density at radius 2 is 1.95 bits per heavy atom. The van der Waals surface area contributed by atoms with E-state index in [4.69, 9.17) is 0 Å². The van der Waals surface area contributed by atoms with Gasteiger partial charge in [0.05, 0.1) is 5.69 Å². The molecule has 0 amide bonds. The Morgan fingerprint density at radius 1 is 1.25 bits per heavy atom. The number of benzene rings is 1. The fourth-order valence-electron chi connectivity index (χ4n) is 3.92. The van der Waals surface area contributed by atoms with Crippen molar-refractivity contribution in [3.8, 4) is 0 Å². The monoisotopic (exact) mass is 336 g/mol. The van der Waals surface area contributed by atoms with Crippen LogP contribution in [0.1, 0.15) is 44.6 Å². The highest BCUT2D eigenvalue weighted by molar-refractivity contribution is 9.10. The maximum absolute atomic E-state index is 3.80. The largest absolute Gasteiger partial charge is 0.365 e. The molecule has 2 heterocycles. The van der Waals surface area contributed by atoms with E-state index in [1.807, 2.05) is 0 Å². The highest BCUT2D eigenvalue weighted by Gasteiger charge is 2.41. The smallest absolute Gasteiger partial charge is 0.0518 e. The van der Waals surface area contributed by atoms with Gasteiger partial charge in [0, 0.05) is 22.6 Å². The van der Waals surface area contributed by atoms with Crippen LogP contribution in [0.4, 0.5) is 5.69 Å². The summed E-state index contributed by atoms with van der Waals surface area (Å²) in [5.41, 5.74) is 2.75. The lowest BCUT2D eigenvalue weighted by Gasteiger charge is -2.41. The van der Waals surface area contributed by atoms with E-state index in [0.717, 1.165) is 24.7 Å². The van der Waals surface area contributed by atoms with Crippen molar-refractivity contribution in [1.29, 1.82) is 0 Å². The Balaban J connectivity index is 1.78. The number of hydrogen-bond acceptors (Lipinski definition) is 2. The number of nitrogens with zero attached hydrogens (tertiary/aromatic N) is 1. The molecule has 2 atom stereocenters. The average molecular weight is 337 g/mol. The van der Waals surface area contributed by atoms with Crippen LogP contribution in [0, 0.1) is 6.92 Å². The quantitative estimate of drug-likeness (QED) is 0.883. The molecule has 0 spiro atoms. The van der Waals surface area contributed by atoms with Gasteiger partial charge >= 0.3 is 0 Å². The number of piperidine rings is 1. The molecule has 0 aromatic heterocycles. The highest BCUT2D eigenvalue weighted by Crippen LogP contribution is 2.42. The number of fused-ring (bicyclic) bond motifs is 2. The summed E-state index contributed by atoms with van der Waals surface area (Å²) in [5.74, 6) is 0. The van der Waals surface area contributed by atoms with Gasteiger partial charge in [-0.05, 0) is 73.1 Å². The minimum Gasteiger partial charge on any atom is -0.365 e. The zero-order valence-corrected chi connectivity index (χ0v) is 14.1. The number of aryl methyl sites for hydroxylation is 1. The fourth-order valence-corrected chi connectivity index (χ4v) is 4.39. The molecule has 2 unspecified atom stereocenters. The SMILES string of the molecule is CCCNC1CC2CCC(C1)N2c1cccc(C)c1Br. The third kappa shape index (κ3) is 2.62. The summed E-state index contributed by atoms with van der Waals surface area (Å²) in [5, 5.41) is 3.73. The number of nitrogens with one attached hydrogen (secondary N) is 1. The predicted molar refractivity (Wildman–Crippen MR) is 89.5 cm³/mol. The topological polar surface area (TPSA) is 15.3 Å². The molecule has 1 N–H and O–H groups in total. The first-order chi connectivity index (χ1) is 9.70. The van der Waals surface area contributed by atoms with Crippen LogP contribution in [0.2, 0.25) is 0 Å². The van der Waals surface area contributed by atoms with E-state index in [9.17, 15) is 0 Å². The van der Waals surface area contributed by atoms with Gasteiger partial charge < -0.3 is 10.2 Å². The van der Waals surface area contributed by atoms with Gasteiger partial charge in [-0.1, -0.05) is 19.1 Å². The normalized spacial score (nSPS) is 28.9. The second-order valence-electron chi connectivity index (χ2n) is 6.32. The molecule has 20 heavy (non-hydrogen) atoms. The van der Waals surface area contributed by atoms with Crippen LogP contribution in [-0.2, 0) is 0 Å². The number of hydrogen-bond donors (Lipinski definition) is 1. The molecule has 110 valence electrons. The van der Waals surface area contributed by atoms with Crippen molar-refractivity contribution >= 4 is 21.6 Å². The Hall–Kier alpha value is -0.540. The first kappa shape index (κ1) is 14.4. The van der Waals surface area contributed by atoms with Gasteiger partial charge in [-0.2, -0.15) is 0 Å². The van der Waals surface area contributed by atoms with E-state index in [2.05, 4.69) is 58.2 Å². The molecular formula is C17H25BrN2. The summed E-state index contributed by atoms with van der Waals surface area (Å²) in [6.07, 6.45) is 6.55. The van der Waals surface area contributed by atoms with Crippen molar-refractivity contribution in [1.82, 2.24) is 5.32 Å². The number of halogens is 1. The molecule has 1 aromatic rings. The lowest BCUT2D eigenvalue weighted by atomic mass is 9.96. The summed E-state index contributed by atoms with van der Waals surface area (Å²) in [6, 6.07) is 8.83. The molecule has 0 radical (unpaired) electrons. The van der Waals surface area contributed by atoms with E-state index in [-0.39, 0.29) is 0 Å². The summed E-state index contributed by atoms with van der Waals surface area (Å²) in [6.45, 7) is 5.60. The van der Waals surface area contributed by atoms with Gasteiger partial charge in [-0.15, -0.1) is 0 Å². The van der Waals surface area contributed by atoms with Gasteiger partial charge in [-0.3, -0.25) is 0 Å². The first-order valence-corrected chi connectivity index (χ1v) is 8.76. The summed E-state index contributed by atoms with van der Waals surface area (Å²) in [4.78, 5) is 2.70. The average Bonchev–Trinajstić information content (AvgIpc) is 2.70. The van der Waals surface area contributed by atoms with E-state index >= 15 is 0 Å². The fraction of sp³-hybridized carbons (Fsp3) is 0.647. The predicted octanol–water partition coefficient (Wildman–Crippen LogP) is 4.26. The Labute approximate surface area is 131 Å². The van der Waals surface area contributed by atoms with Crippen molar-refractivity contribution in [3.05, 3.63) is 28.2 Å². The molecule has 1 aromatic carbocycles. The van der Waals surface area contributed by atoms with E-state index in [1.165, 1.54) is 47.8 Å². The lowest BCUT2D eigenvalue weighted by Crippen LogP contribution is -2.49. The van der Waals surface area contributed by atoms with Crippen LogP contribution in [0.15, 0.2) is 22.7 Å². The molecule has 2 aliphatic heterocycles. The van der Waals surface area contributed by atoms with Crippen LogP contribution in [-0.4, -0.2) is 24.7 Å². The second kappa shape index (κ2) is 6.07. The summed E-state index contributed by atoms with van der Waals surface area (Å²) in [7, 11) is 0. The molecule has 2 bridgehead atoms. The first-order valence-electron chi connectivity index (χ1n) is 7.97. The second-order valence-corrected chi connectivity index (χ2v) is 7.12. The maximum Gasteiger partial charge on any atom is 0.0518 e. The molecule has 2 saturated heterocycles. The maximum atomic E-state index is 3.80. The van der Waals surface area contributed by atoms with Crippen LogP contribution >= 0.6 is 15.9 Å². The van der Waals surface area contributed by atoms with Gasteiger partial charge in [0.15, 0.2) is 0 Å². The van der Waals surface area contributed by atoms with Crippen molar-refractivity contribution in [3.63, 3.8) is 0 Å². The minimum atomic E-state index is 0.723. The molecule has 0 aliphatic carbocycles. The molecule has 0 saturated carbocycles. The minimum absolute atomic E-state index is 0.723. The summed E-state index contributed by atoms with van der Waals surface area (Å²) < 4.78 is 1.29. The number of rotatable bonds is 4. The van der Waals surface area contributed by atoms with Crippen molar-refractivity contribution in [2.24, 2.45) is 0 Å². The Kier molecular flexibility index (Phi) is 4.37. The van der Waals surface area contributed by atoms with Crippen LogP contribution in [0.3, 0.4) is 0 Å². The molecular weight excluding hydrogens is 312 g/mol. The third-order valence-electron chi connectivity index (χ3n) is 4.87. The van der Waals surface area contributed by atoms with E-state index in [0.29, 0.717) is 0 Å². The molecule has 2 aliphatic rings. The zero-order chi connectivity index (χ0) is 14.1. The highest BCUT2D eigenvalue weighted by atomic mass is 79.9. The number of anilines is 1. The Bertz CT molecular complexity index is 460. The van der Waals surface area contributed by atoms with Gasteiger partial charge in [0.1, 0.15) is 0 Å². The van der Waals surface area contributed by atoms with Crippen LogP contribution in [0.5, 0.6) is 0 Å². The summed E-state index contributed by atoms with van der Waals surface area (Å²) >= 11 is 3.80. The third-order valence-corrected chi connectivity index (χ3v) is 5.90. The molecule has 2 nitrogen and oxygen atoms in total. The molecule has 2 fully saturated rings. The van der Waals surface area contributed by atoms with Crippen molar-refractivity contribution in [2.45, 2.75) is 64.1 Å².